The highest BCUT2D eigenvalue weighted by Gasteiger charge is 2.40. The smallest absolute Gasteiger partial charge is 0.276 e. The van der Waals surface area contributed by atoms with Crippen molar-refractivity contribution in [1.29, 1.82) is 0 Å². The Kier molecular flexibility index (Phi) is 6.39. The standard InChI is InChI=1S/C20H27N5O2S/c1-4-20(2,3)22-18(26)17(14-8-7-11-21-12-14)25(15-9-5-6-10-15)19(27)16-13-28-24-23-16/h7-8,11-13,15,17H,4-6,9-10H2,1-3H3,(H,22,26)/t17-/m1/s1. The highest BCUT2D eigenvalue weighted by molar-refractivity contribution is 7.03. The lowest BCUT2D eigenvalue weighted by molar-refractivity contribution is -0.128. The van der Waals surface area contributed by atoms with E-state index in [1.807, 2.05) is 26.8 Å². The van der Waals surface area contributed by atoms with Crippen molar-refractivity contribution in [1.82, 2.24) is 24.8 Å². The largest absolute Gasteiger partial charge is 0.349 e. The summed E-state index contributed by atoms with van der Waals surface area (Å²) in [6.45, 7) is 5.99. The fourth-order valence-electron chi connectivity index (χ4n) is 3.53. The van der Waals surface area contributed by atoms with Crippen LogP contribution in [0.4, 0.5) is 0 Å². The van der Waals surface area contributed by atoms with E-state index in [1.54, 1.807) is 28.7 Å². The number of nitrogens with one attached hydrogen (secondary N) is 1. The molecule has 1 fully saturated rings. The van der Waals surface area contributed by atoms with E-state index in [9.17, 15) is 9.59 Å². The van der Waals surface area contributed by atoms with Gasteiger partial charge in [0.1, 0.15) is 6.04 Å². The molecular weight excluding hydrogens is 374 g/mol. The third-order valence-electron chi connectivity index (χ3n) is 5.40. The molecule has 0 aliphatic heterocycles. The molecule has 2 amide bonds. The topological polar surface area (TPSA) is 88.1 Å². The molecule has 0 spiro atoms. The minimum atomic E-state index is -0.753. The average molecular weight is 402 g/mol. The van der Waals surface area contributed by atoms with Gasteiger partial charge in [0.25, 0.3) is 5.91 Å². The van der Waals surface area contributed by atoms with Crippen molar-refractivity contribution in [3.63, 3.8) is 0 Å². The summed E-state index contributed by atoms with van der Waals surface area (Å²) in [5.41, 5.74) is 0.619. The van der Waals surface area contributed by atoms with E-state index in [4.69, 9.17) is 0 Å². The monoisotopic (exact) mass is 401 g/mol. The van der Waals surface area contributed by atoms with Crippen molar-refractivity contribution in [2.24, 2.45) is 0 Å². The summed E-state index contributed by atoms with van der Waals surface area (Å²) < 4.78 is 3.83. The van der Waals surface area contributed by atoms with Gasteiger partial charge in [-0.05, 0) is 50.7 Å². The maximum absolute atomic E-state index is 13.4. The first kappa shape index (κ1) is 20.4. The number of nitrogens with zero attached hydrogens (tertiary/aromatic N) is 4. The molecule has 0 unspecified atom stereocenters. The Bertz CT molecular complexity index is 788. The molecule has 1 N–H and O–H groups in total. The maximum Gasteiger partial charge on any atom is 0.276 e. The molecule has 2 heterocycles. The van der Waals surface area contributed by atoms with Crippen LogP contribution in [-0.4, -0.2) is 42.9 Å². The molecule has 0 radical (unpaired) electrons. The summed E-state index contributed by atoms with van der Waals surface area (Å²) >= 11 is 1.14. The summed E-state index contributed by atoms with van der Waals surface area (Å²) in [4.78, 5) is 32.7. The zero-order valence-electron chi connectivity index (χ0n) is 16.6. The number of pyridine rings is 1. The Labute approximate surface area is 169 Å². The van der Waals surface area contributed by atoms with E-state index >= 15 is 0 Å². The van der Waals surface area contributed by atoms with Gasteiger partial charge in [0.15, 0.2) is 5.69 Å². The molecule has 28 heavy (non-hydrogen) atoms. The van der Waals surface area contributed by atoms with Crippen molar-refractivity contribution in [2.75, 3.05) is 0 Å². The highest BCUT2D eigenvalue weighted by Crippen LogP contribution is 2.33. The van der Waals surface area contributed by atoms with E-state index in [1.165, 1.54) is 0 Å². The average Bonchev–Trinajstić information content (AvgIpc) is 3.39. The Balaban J connectivity index is 2.03. The van der Waals surface area contributed by atoms with Gasteiger partial charge in [0.2, 0.25) is 5.91 Å². The number of amides is 2. The zero-order valence-corrected chi connectivity index (χ0v) is 17.4. The van der Waals surface area contributed by atoms with Gasteiger partial charge < -0.3 is 10.2 Å². The van der Waals surface area contributed by atoms with Crippen LogP contribution in [0.2, 0.25) is 0 Å². The lowest BCUT2D eigenvalue weighted by Crippen LogP contribution is -2.52. The van der Waals surface area contributed by atoms with Crippen LogP contribution in [-0.2, 0) is 4.79 Å². The van der Waals surface area contributed by atoms with E-state index < -0.39 is 6.04 Å². The molecule has 0 saturated heterocycles. The van der Waals surface area contributed by atoms with Gasteiger partial charge in [0.05, 0.1) is 0 Å². The van der Waals surface area contributed by atoms with Crippen LogP contribution in [0.3, 0.4) is 0 Å². The van der Waals surface area contributed by atoms with Crippen molar-refractivity contribution < 1.29 is 9.59 Å². The minimum absolute atomic E-state index is 0.00473. The van der Waals surface area contributed by atoms with Crippen molar-refractivity contribution in [3.05, 3.63) is 41.2 Å². The molecule has 1 aliphatic carbocycles. The second-order valence-corrected chi connectivity index (χ2v) is 8.47. The van der Waals surface area contributed by atoms with Crippen LogP contribution >= 0.6 is 11.5 Å². The van der Waals surface area contributed by atoms with Gasteiger partial charge in [0, 0.05) is 34.9 Å². The molecule has 1 saturated carbocycles. The number of aromatic nitrogens is 3. The number of hydrogen-bond acceptors (Lipinski definition) is 6. The van der Waals surface area contributed by atoms with Crippen molar-refractivity contribution in [3.8, 4) is 0 Å². The molecule has 8 heteroatoms. The Hall–Kier alpha value is -2.35. The van der Waals surface area contributed by atoms with Crippen LogP contribution in [0, 0.1) is 0 Å². The maximum atomic E-state index is 13.4. The molecular formula is C20H27N5O2S. The Morgan fingerprint density at radius 3 is 2.68 bits per heavy atom. The van der Waals surface area contributed by atoms with Gasteiger partial charge in [-0.1, -0.05) is 30.3 Å². The lowest BCUT2D eigenvalue weighted by Gasteiger charge is -2.37. The van der Waals surface area contributed by atoms with E-state index in [-0.39, 0.29) is 29.1 Å². The van der Waals surface area contributed by atoms with Crippen LogP contribution in [0.25, 0.3) is 0 Å². The first-order valence-electron chi connectivity index (χ1n) is 9.74. The molecule has 150 valence electrons. The van der Waals surface area contributed by atoms with Gasteiger partial charge in [-0.3, -0.25) is 14.6 Å². The SMILES string of the molecule is CCC(C)(C)NC(=O)[C@@H](c1cccnc1)N(C(=O)c1csnn1)C1CCCC1. The predicted octanol–water partition coefficient (Wildman–Crippen LogP) is 3.36. The third-order valence-corrected chi connectivity index (χ3v) is 5.91. The normalized spacial score (nSPS) is 16.0. The molecule has 7 nitrogen and oxygen atoms in total. The Morgan fingerprint density at radius 1 is 1.36 bits per heavy atom. The molecule has 0 bridgehead atoms. The quantitative estimate of drug-likeness (QED) is 0.768. The third kappa shape index (κ3) is 4.55. The fraction of sp³-hybridized carbons (Fsp3) is 0.550. The first-order valence-corrected chi connectivity index (χ1v) is 10.6. The summed E-state index contributed by atoms with van der Waals surface area (Å²) in [5, 5.41) is 8.72. The number of rotatable bonds is 7. The molecule has 1 atom stereocenters. The second kappa shape index (κ2) is 8.77. The minimum Gasteiger partial charge on any atom is -0.349 e. The summed E-state index contributed by atoms with van der Waals surface area (Å²) in [5.74, 6) is -0.442. The lowest BCUT2D eigenvalue weighted by atomic mass is 9.98. The summed E-state index contributed by atoms with van der Waals surface area (Å²) in [6.07, 6.45) is 7.97. The fourth-order valence-corrected chi connectivity index (χ4v) is 3.96. The van der Waals surface area contributed by atoms with Gasteiger partial charge in [-0.15, -0.1) is 5.10 Å². The molecule has 2 aromatic rings. The molecule has 3 rings (SSSR count). The van der Waals surface area contributed by atoms with Gasteiger partial charge in [-0.2, -0.15) is 0 Å². The van der Waals surface area contributed by atoms with Crippen molar-refractivity contribution >= 4 is 23.3 Å². The Morgan fingerprint density at radius 2 is 2.11 bits per heavy atom. The first-order chi connectivity index (χ1) is 13.4. The van der Waals surface area contributed by atoms with Crippen molar-refractivity contribution in [2.45, 2.75) is 70.5 Å². The van der Waals surface area contributed by atoms with Gasteiger partial charge >= 0.3 is 0 Å². The zero-order chi connectivity index (χ0) is 20.1. The summed E-state index contributed by atoms with van der Waals surface area (Å²) in [7, 11) is 0. The van der Waals surface area contributed by atoms with Crippen LogP contribution in [0.15, 0.2) is 29.9 Å². The van der Waals surface area contributed by atoms with E-state index in [2.05, 4.69) is 19.9 Å². The van der Waals surface area contributed by atoms with E-state index in [0.29, 0.717) is 5.56 Å². The van der Waals surface area contributed by atoms with Crippen LogP contribution < -0.4 is 5.32 Å². The highest BCUT2D eigenvalue weighted by atomic mass is 32.1. The summed E-state index contributed by atoms with van der Waals surface area (Å²) in [6, 6.07) is 2.89. The second-order valence-electron chi connectivity index (χ2n) is 7.86. The predicted molar refractivity (Wildman–Crippen MR) is 108 cm³/mol. The molecule has 0 aromatic carbocycles. The van der Waals surface area contributed by atoms with Gasteiger partial charge in [-0.25, -0.2) is 0 Å². The van der Waals surface area contributed by atoms with Crippen LogP contribution in [0.1, 0.15) is 75.0 Å². The van der Waals surface area contributed by atoms with Crippen LogP contribution in [0.5, 0.6) is 0 Å². The van der Waals surface area contributed by atoms with E-state index in [0.717, 1.165) is 43.6 Å². The number of hydrogen-bond donors (Lipinski definition) is 1. The molecule has 2 aromatic heterocycles. The number of carbonyl (C=O) groups excluding carboxylic acids is 2. The molecule has 1 aliphatic rings. The number of carbonyl (C=O) groups is 2.